The van der Waals surface area contributed by atoms with Crippen LogP contribution >= 0.6 is 11.3 Å². The van der Waals surface area contributed by atoms with Gasteiger partial charge >= 0.3 is 0 Å². The maximum atomic E-state index is 5.62. The molecule has 0 aromatic carbocycles. The number of hydrogen-bond donors (Lipinski definition) is 2. The van der Waals surface area contributed by atoms with Crippen LogP contribution in [0, 0.1) is 0 Å². The van der Waals surface area contributed by atoms with Crippen LogP contribution in [-0.2, 0) is 6.54 Å². The molecule has 3 N–H and O–H groups in total. The van der Waals surface area contributed by atoms with Gasteiger partial charge in [0, 0.05) is 11.4 Å². The van der Waals surface area contributed by atoms with E-state index in [9.17, 15) is 0 Å². The van der Waals surface area contributed by atoms with E-state index in [0.29, 0.717) is 13.2 Å². The molecule has 0 spiro atoms. The number of fused-ring (bicyclic) bond motifs is 1. The molecule has 4 heteroatoms. The second-order valence-electron chi connectivity index (χ2n) is 3.92. The minimum atomic E-state index is 0.0277. The predicted octanol–water partition coefficient (Wildman–Crippen LogP) is 1.79. The van der Waals surface area contributed by atoms with Crippen LogP contribution in [0.15, 0.2) is 6.07 Å². The Morgan fingerprint density at radius 2 is 2.46 bits per heavy atom. The van der Waals surface area contributed by atoms with Crippen LogP contribution in [0.25, 0.3) is 0 Å². The minimum absolute atomic E-state index is 0.0277. The van der Waals surface area contributed by atoms with E-state index < -0.39 is 0 Å². The smallest absolute Gasteiger partial charge is 0.197 e. The number of nitrogens with one attached hydrogen (secondary N) is 1. The van der Waals surface area contributed by atoms with E-state index in [2.05, 4.69) is 25.2 Å². The van der Waals surface area contributed by atoms with Crippen LogP contribution in [0.3, 0.4) is 0 Å². The maximum Gasteiger partial charge on any atom is 0.197 e. The van der Waals surface area contributed by atoms with Crippen molar-refractivity contribution in [1.82, 2.24) is 0 Å². The van der Waals surface area contributed by atoms with Gasteiger partial charge in [0.25, 0.3) is 0 Å². The Balaban J connectivity index is 2.30. The topological polar surface area (TPSA) is 47.3 Å². The molecule has 0 amide bonds. The van der Waals surface area contributed by atoms with E-state index in [-0.39, 0.29) is 5.54 Å². The largest absolute Gasteiger partial charge is 0.480 e. The lowest BCUT2D eigenvalue weighted by Crippen LogP contribution is -2.40. The van der Waals surface area contributed by atoms with Gasteiger partial charge < -0.3 is 15.8 Å². The second kappa shape index (κ2) is 2.89. The zero-order chi connectivity index (χ0) is 9.47. The number of thiophene rings is 1. The molecule has 13 heavy (non-hydrogen) atoms. The molecule has 3 nitrogen and oxygen atoms in total. The van der Waals surface area contributed by atoms with E-state index in [0.717, 1.165) is 15.6 Å². The van der Waals surface area contributed by atoms with Crippen molar-refractivity contribution in [2.45, 2.75) is 25.9 Å². The first-order valence-corrected chi connectivity index (χ1v) is 5.16. The van der Waals surface area contributed by atoms with Crippen LogP contribution in [-0.4, -0.2) is 12.1 Å². The Morgan fingerprint density at radius 1 is 1.69 bits per heavy atom. The standard InChI is InChI=1S/C9H14N2OS/c1-9(2)5-12-8-7(11-9)3-6(4-10)13-8/h3,11H,4-5,10H2,1-2H3. The Bertz CT molecular complexity index is 319. The molecule has 72 valence electrons. The zero-order valence-corrected chi connectivity index (χ0v) is 8.70. The van der Waals surface area contributed by atoms with Crippen molar-refractivity contribution in [3.05, 3.63) is 10.9 Å². The summed E-state index contributed by atoms with van der Waals surface area (Å²) in [6.45, 7) is 5.54. The third-order valence-corrected chi connectivity index (χ3v) is 3.06. The molecular weight excluding hydrogens is 184 g/mol. The van der Waals surface area contributed by atoms with Gasteiger partial charge in [0.05, 0.1) is 11.2 Å². The van der Waals surface area contributed by atoms with Crippen LogP contribution in [0.4, 0.5) is 5.69 Å². The van der Waals surface area contributed by atoms with Crippen molar-refractivity contribution in [1.29, 1.82) is 0 Å². The molecule has 0 unspecified atom stereocenters. The van der Waals surface area contributed by atoms with Crippen molar-refractivity contribution >= 4 is 17.0 Å². The van der Waals surface area contributed by atoms with Gasteiger partial charge in [0.15, 0.2) is 5.06 Å². The fraction of sp³-hybridized carbons (Fsp3) is 0.556. The molecule has 0 bridgehead atoms. The monoisotopic (exact) mass is 198 g/mol. The van der Waals surface area contributed by atoms with Gasteiger partial charge in [-0.3, -0.25) is 0 Å². The van der Waals surface area contributed by atoms with Crippen LogP contribution in [0.1, 0.15) is 18.7 Å². The second-order valence-corrected chi connectivity index (χ2v) is 5.01. The molecule has 1 aromatic heterocycles. The summed E-state index contributed by atoms with van der Waals surface area (Å²) < 4.78 is 5.62. The highest BCUT2D eigenvalue weighted by Crippen LogP contribution is 2.39. The van der Waals surface area contributed by atoms with Crippen LogP contribution < -0.4 is 15.8 Å². The quantitative estimate of drug-likeness (QED) is 0.723. The number of nitrogens with two attached hydrogens (primary N) is 1. The Kier molecular flexibility index (Phi) is 1.96. The van der Waals surface area contributed by atoms with Crippen molar-refractivity contribution < 1.29 is 4.74 Å². The highest BCUT2D eigenvalue weighted by Gasteiger charge is 2.27. The van der Waals surface area contributed by atoms with E-state index in [1.807, 2.05) is 0 Å². The summed E-state index contributed by atoms with van der Waals surface area (Å²) in [6, 6.07) is 2.07. The van der Waals surface area contributed by atoms with Gasteiger partial charge in [-0.25, -0.2) is 0 Å². The summed E-state index contributed by atoms with van der Waals surface area (Å²) in [5, 5.41) is 4.39. The van der Waals surface area contributed by atoms with E-state index in [1.54, 1.807) is 11.3 Å². The summed E-state index contributed by atoms with van der Waals surface area (Å²) in [5.74, 6) is 0. The molecule has 0 atom stereocenters. The highest BCUT2D eigenvalue weighted by molar-refractivity contribution is 7.14. The number of rotatable bonds is 1. The molecule has 0 radical (unpaired) electrons. The Hall–Kier alpha value is -0.740. The van der Waals surface area contributed by atoms with Crippen molar-refractivity contribution in [2.75, 3.05) is 11.9 Å². The van der Waals surface area contributed by atoms with E-state index >= 15 is 0 Å². The van der Waals surface area contributed by atoms with Gasteiger partial charge in [0.2, 0.25) is 0 Å². The first kappa shape index (κ1) is 8.84. The third-order valence-electron chi connectivity index (χ3n) is 1.99. The summed E-state index contributed by atoms with van der Waals surface area (Å²) >= 11 is 1.63. The first-order valence-electron chi connectivity index (χ1n) is 4.34. The minimum Gasteiger partial charge on any atom is -0.480 e. The number of hydrogen-bond acceptors (Lipinski definition) is 4. The summed E-state index contributed by atoms with van der Waals surface area (Å²) in [4.78, 5) is 1.16. The molecule has 0 saturated carbocycles. The molecule has 0 fully saturated rings. The molecule has 2 rings (SSSR count). The van der Waals surface area contributed by atoms with Crippen LogP contribution in [0.5, 0.6) is 5.06 Å². The fourth-order valence-electron chi connectivity index (χ4n) is 1.36. The Labute approximate surface area is 81.9 Å². The molecule has 1 aromatic rings. The lowest BCUT2D eigenvalue weighted by molar-refractivity contribution is 0.249. The molecular formula is C9H14N2OS. The molecule has 1 aliphatic rings. The highest BCUT2D eigenvalue weighted by atomic mass is 32.1. The van der Waals surface area contributed by atoms with E-state index in [4.69, 9.17) is 10.5 Å². The van der Waals surface area contributed by atoms with E-state index in [1.165, 1.54) is 0 Å². The van der Waals surface area contributed by atoms with Crippen molar-refractivity contribution in [3.63, 3.8) is 0 Å². The summed E-state index contributed by atoms with van der Waals surface area (Å²) in [5.41, 5.74) is 6.67. The molecule has 2 heterocycles. The average molecular weight is 198 g/mol. The molecule has 0 saturated heterocycles. The predicted molar refractivity (Wildman–Crippen MR) is 55.4 cm³/mol. The Morgan fingerprint density at radius 3 is 3.15 bits per heavy atom. The SMILES string of the molecule is CC1(C)COc2sc(CN)cc2N1. The number of anilines is 1. The number of ether oxygens (including phenoxy) is 1. The first-order chi connectivity index (χ1) is 6.11. The van der Waals surface area contributed by atoms with Gasteiger partial charge in [-0.1, -0.05) is 0 Å². The van der Waals surface area contributed by atoms with Gasteiger partial charge in [-0.05, 0) is 19.9 Å². The summed E-state index contributed by atoms with van der Waals surface area (Å²) in [7, 11) is 0. The van der Waals surface area contributed by atoms with Crippen LogP contribution in [0.2, 0.25) is 0 Å². The molecule has 1 aliphatic heterocycles. The zero-order valence-electron chi connectivity index (χ0n) is 7.89. The fourth-order valence-corrected chi connectivity index (χ4v) is 2.20. The lowest BCUT2D eigenvalue weighted by Gasteiger charge is -2.31. The molecule has 0 aliphatic carbocycles. The van der Waals surface area contributed by atoms with Gasteiger partial charge in [-0.2, -0.15) is 0 Å². The lowest BCUT2D eigenvalue weighted by atomic mass is 10.1. The van der Waals surface area contributed by atoms with Crippen molar-refractivity contribution in [3.8, 4) is 5.06 Å². The maximum absolute atomic E-state index is 5.62. The third kappa shape index (κ3) is 1.64. The normalized spacial score (nSPS) is 18.7. The van der Waals surface area contributed by atoms with Crippen molar-refractivity contribution in [2.24, 2.45) is 5.73 Å². The van der Waals surface area contributed by atoms with Gasteiger partial charge in [0.1, 0.15) is 6.61 Å². The average Bonchev–Trinajstić information content (AvgIpc) is 2.44. The summed E-state index contributed by atoms with van der Waals surface area (Å²) in [6.07, 6.45) is 0. The van der Waals surface area contributed by atoms with Gasteiger partial charge in [-0.15, -0.1) is 11.3 Å².